The Kier molecular flexibility index (Phi) is 1.86. The molecule has 0 radical (unpaired) electrons. The van der Waals surface area contributed by atoms with Crippen LogP contribution in [0.3, 0.4) is 0 Å². The van der Waals surface area contributed by atoms with Gasteiger partial charge in [0.15, 0.2) is 17.3 Å². The lowest BCUT2D eigenvalue weighted by Crippen LogP contribution is -2.23. The van der Waals surface area contributed by atoms with Gasteiger partial charge in [-0.2, -0.15) is 4.73 Å². The van der Waals surface area contributed by atoms with Crippen LogP contribution in [0.15, 0.2) is 53.2 Å². The Hall–Kier alpha value is -2.36. The van der Waals surface area contributed by atoms with E-state index in [1.807, 2.05) is 30.3 Å². The van der Waals surface area contributed by atoms with E-state index < -0.39 is 0 Å². The molecule has 0 atom stereocenters. The topological polar surface area (TPSA) is 53.0 Å². The molecule has 0 saturated heterocycles. The van der Waals surface area contributed by atoms with Gasteiger partial charge in [0.1, 0.15) is 0 Å². The second kappa shape index (κ2) is 3.34. The lowest BCUT2D eigenvalue weighted by molar-refractivity contribution is -0.604. The Morgan fingerprint density at radius 3 is 2.75 bits per heavy atom. The molecule has 3 rings (SSSR count). The predicted molar refractivity (Wildman–Crippen MR) is 58.4 cm³/mol. The third kappa shape index (κ3) is 1.40. The third-order valence-electron chi connectivity index (χ3n) is 2.32. The highest BCUT2D eigenvalue weighted by molar-refractivity contribution is 5.74. The molecule has 2 aromatic heterocycles. The number of pyridine rings is 1. The molecule has 16 heavy (non-hydrogen) atoms. The van der Waals surface area contributed by atoms with E-state index in [1.54, 1.807) is 6.07 Å². The van der Waals surface area contributed by atoms with Crippen molar-refractivity contribution in [3.05, 3.63) is 54.0 Å². The largest absolute Gasteiger partial charge is 0.619 e. The van der Waals surface area contributed by atoms with E-state index in [0.29, 0.717) is 21.7 Å². The molecule has 0 aliphatic heterocycles. The van der Waals surface area contributed by atoms with Crippen molar-refractivity contribution in [2.75, 3.05) is 0 Å². The fourth-order valence-electron chi connectivity index (χ4n) is 1.56. The van der Waals surface area contributed by atoms with Gasteiger partial charge in [-0.15, -0.1) is 0 Å². The van der Waals surface area contributed by atoms with Gasteiger partial charge in [-0.05, 0) is 12.1 Å². The summed E-state index contributed by atoms with van der Waals surface area (Å²) in [6.07, 6.45) is 2.79. The van der Waals surface area contributed by atoms with Gasteiger partial charge in [0.2, 0.25) is 12.1 Å². The number of fused-ring (bicyclic) bond motifs is 1. The van der Waals surface area contributed by atoms with Crippen LogP contribution < -0.4 is 4.73 Å². The Morgan fingerprint density at radius 1 is 1.12 bits per heavy atom. The van der Waals surface area contributed by atoms with Gasteiger partial charge >= 0.3 is 0 Å². The summed E-state index contributed by atoms with van der Waals surface area (Å²) in [6.45, 7) is 0. The van der Waals surface area contributed by atoms with E-state index in [1.165, 1.54) is 12.4 Å². The van der Waals surface area contributed by atoms with Crippen molar-refractivity contribution in [2.45, 2.75) is 0 Å². The minimum absolute atomic E-state index is 0.529. The second-order valence-electron chi connectivity index (χ2n) is 3.44. The zero-order valence-corrected chi connectivity index (χ0v) is 8.33. The molecule has 0 aliphatic rings. The van der Waals surface area contributed by atoms with Crippen LogP contribution in [0.4, 0.5) is 0 Å². The Bertz CT molecular complexity index is 632. The average molecular weight is 212 g/mol. The summed E-state index contributed by atoms with van der Waals surface area (Å²) in [6, 6.07) is 11.2. The Balaban J connectivity index is 2.19. The lowest BCUT2D eigenvalue weighted by atomic mass is 10.2. The molecule has 0 N–H and O–H groups in total. The molecule has 2 heterocycles. The van der Waals surface area contributed by atoms with Crippen LogP contribution in [0.25, 0.3) is 22.6 Å². The number of benzene rings is 1. The Morgan fingerprint density at radius 2 is 1.94 bits per heavy atom. The summed E-state index contributed by atoms with van der Waals surface area (Å²) in [5, 5.41) is 11.1. The number of oxazole rings is 1. The molecule has 0 saturated carbocycles. The lowest BCUT2D eigenvalue weighted by Gasteiger charge is -1.91. The number of aromatic nitrogens is 2. The van der Waals surface area contributed by atoms with E-state index in [-0.39, 0.29) is 0 Å². The van der Waals surface area contributed by atoms with Crippen molar-refractivity contribution in [2.24, 2.45) is 0 Å². The summed E-state index contributed by atoms with van der Waals surface area (Å²) in [5.41, 5.74) is 2.08. The monoisotopic (exact) mass is 212 g/mol. The third-order valence-corrected chi connectivity index (χ3v) is 2.32. The van der Waals surface area contributed by atoms with Crippen LogP contribution in [0.2, 0.25) is 0 Å². The first-order chi connectivity index (χ1) is 7.83. The normalized spacial score (nSPS) is 10.8. The highest BCUT2D eigenvalue weighted by Gasteiger charge is 2.09. The van der Waals surface area contributed by atoms with Crippen molar-refractivity contribution in [3.8, 4) is 11.5 Å². The van der Waals surface area contributed by atoms with Gasteiger partial charge in [-0.1, -0.05) is 18.2 Å². The molecule has 0 unspecified atom stereocenters. The number of hydrogen-bond donors (Lipinski definition) is 0. The fraction of sp³-hybridized carbons (Fsp3) is 0. The Labute approximate surface area is 91.4 Å². The first kappa shape index (κ1) is 8.91. The first-order valence-corrected chi connectivity index (χ1v) is 4.88. The van der Waals surface area contributed by atoms with Gasteiger partial charge in [-0.25, -0.2) is 4.98 Å². The van der Waals surface area contributed by atoms with Gasteiger partial charge in [0, 0.05) is 11.6 Å². The molecular weight excluding hydrogens is 204 g/mol. The van der Waals surface area contributed by atoms with Gasteiger partial charge in [0.25, 0.3) is 0 Å². The summed E-state index contributed by atoms with van der Waals surface area (Å²) in [7, 11) is 0. The summed E-state index contributed by atoms with van der Waals surface area (Å²) in [5.74, 6) is 0.529. The van der Waals surface area contributed by atoms with Crippen molar-refractivity contribution in [3.63, 3.8) is 0 Å². The van der Waals surface area contributed by atoms with Crippen LogP contribution >= 0.6 is 0 Å². The van der Waals surface area contributed by atoms with E-state index >= 15 is 0 Å². The maximum Gasteiger partial charge on any atom is 0.227 e. The van der Waals surface area contributed by atoms with Crippen molar-refractivity contribution >= 4 is 11.1 Å². The first-order valence-electron chi connectivity index (χ1n) is 4.88. The number of rotatable bonds is 1. The van der Waals surface area contributed by atoms with Crippen LogP contribution in [0, 0.1) is 5.21 Å². The molecule has 4 heteroatoms. The molecule has 0 bridgehead atoms. The zero-order valence-electron chi connectivity index (χ0n) is 8.33. The number of nitrogens with zero attached hydrogens (tertiary/aromatic N) is 2. The number of hydrogen-bond acceptors (Lipinski definition) is 3. The molecular formula is C12H8N2O2. The molecule has 0 amide bonds. The maximum absolute atomic E-state index is 11.1. The van der Waals surface area contributed by atoms with Crippen molar-refractivity contribution in [1.29, 1.82) is 0 Å². The van der Waals surface area contributed by atoms with E-state index in [0.717, 1.165) is 5.56 Å². The molecule has 0 spiro atoms. The maximum atomic E-state index is 11.1. The predicted octanol–water partition coefficient (Wildman–Crippen LogP) is 2.13. The minimum atomic E-state index is 0.529. The summed E-state index contributed by atoms with van der Waals surface area (Å²) in [4.78, 5) is 4.26. The van der Waals surface area contributed by atoms with Crippen LogP contribution in [-0.2, 0) is 0 Å². The highest BCUT2D eigenvalue weighted by atomic mass is 16.5. The molecule has 4 nitrogen and oxygen atoms in total. The van der Waals surface area contributed by atoms with E-state index in [2.05, 4.69) is 4.98 Å². The van der Waals surface area contributed by atoms with Crippen LogP contribution in [0.1, 0.15) is 0 Å². The molecule has 1 aromatic carbocycles. The molecule has 78 valence electrons. The van der Waals surface area contributed by atoms with Gasteiger partial charge in [-0.3, -0.25) is 0 Å². The summed E-state index contributed by atoms with van der Waals surface area (Å²) < 4.78 is 6.25. The van der Waals surface area contributed by atoms with E-state index in [4.69, 9.17) is 4.42 Å². The molecule has 0 fully saturated rings. The molecule has 3 aromatic rings. The second-order valence-corrected chi connectivity index (χ2v) is 3.44. The van der Waals surface area contributed by atoms with Crippen LogP contribution in [-0.4, -0.2) is 4.98 Å². The van der Waals surface area contributed by atoms with Crippen molar-refractivity contribution < 1.29 is 9.15 Å². The smallest absolute Gasteiger partial charge is 0.227 e. The van der Waals surface area contributed by atoms with Crippen LogP contribution in [0.5, 0.6) is 0 Å². The minimum Gasteiger partial charge on any atom is -0.619 e. The molecule has 0 aliphatic carbocycles. The standard InChI is InChI=1S/C12H8N2O2/c15-14-7-6-11-10(8-14)13-12(16-11)9-4-2-1-3-5-9/h1-8H. The highest BCUT2D eigenvalue weighted by Crippen LogP contribution is 2.22. The summed E-state index contributed by atoms with van der Waals surface area (Å²) >= 11 is 0. The average Bonchev–Trinajstić information content (AvgIpc) is 2.73. The van der Waals surface area contributed by atoms with Gasteiger partial charge in [0.05, 0.1) is 0 Å². The quantitative estimate of drug-likeness (QED) is 0.458. The SMILES string of the molecule is [O-][n+]1ccc2oc(-c3ccccc3)nc2c1. The van der Waals surface area contributed by atoms with Crippen molar-refractivity contribution in [1.82, 2.24) is 4.98 Å². The van der Waals surface area contributed by atoms with E-state index in [9.17, 15) is 5.21 Å². The zero-order chi connectivity index (χ0) is 11.0. The van der Waals surface area contributed by atoms with Gasteiger partial charge < -0.3 is 9.62 Å². The fourth-order valence-corrected chi connectivity index (χ4v) is 1.56.